The highest BCUT2D eigenvalue weighted by Crippen LogP contribution is 2.23. The van der Waals surface area contributed by atoms with Crippen molar-refractivity contribution >= 4 is 23.0 Å². The number of hydrogen-bond acceptors (Lipinski definition) is 4. The van der Waals surface area contributed by atoms with Gasteiger partial charge in [-0.25, -0.2) is 9.82 Å². The van der Waals surface area contributed by atoms with Crippen LogP contribution < -0.4 is 10.2 Å². The predicted molar refractivity (Wildman–Crippen MR) is 118 cm³/mol. The first-order valence-corrected chi connectivity index (χ1v) is 9.76. The van der Waals surface area contributed by atoms with Crippen LogP contribution in [0, 0.1) is 19.7 Å². The van der Waals surface area contributed by atoms with E-state index < -0.39 is 0 Å². The number of rotatable bonds is 6. The van der Waals surface area contributed by atoms with Gasteiger partial charge in [0.25, 0.3) is 5.91 Å². The number of nitrogens with zero attached hydrogens (tertiary/aromatic N) is 3. The van der Waals surface area contributed by atoms with Crippen molar-refractivity contribution in [1.82, 2.24) is 15.0 Å². The van der Waals surface area contributed by atoms with Crippen molar-refractivity contribution < 1.29 is 13.9 Å². The average Bonchev–Trinajstić information content (AvgIpc) is 3.06. The van der Waals surface area contributed by atoms with Crippen molar-refractivity contribution in [2.45, 2.75) is 13.8 Å². The quantitative estimate of drug-likeness (QED) is 0.376. The number of halogens is 1. The number of nitrogens with one attached hydrogen (secondary N) is 1. The Kier molecular flexibility index (Phi) is 5.75. The molecule has 0 unspecified atom stereocenters. The van der Waals surface area contributed by atoms with E-state index in [4.69, 9.17) is 4.74 Å². The summed E-state index contributed by atoms with van der Waals surface area (Å²) in [6, 6.07) is 17.6. The van der Waals surface area contributed by atoms with Gasteiger partial charge in [0, 0.05) is 34.2 Å². The van der Waals surface area contributed by atoms with E-state index in [0.717, 1.165) is 28.0 Å². The topological polar surface area (TPSA) is 68.5 Å². The standard InChI is InChI=1S/C24H21FN4O2/c1-16-13-19(17(2)29(16)21-10-8-20(25)9-11-21)14-27-28-23(30)15-31-22-7-3-5-18-6-4-12-26-24(18)22/h3-14H,15H2,1-2H3,(H,28,30). The summed E-state index contributed by atoms with van der Waals surface area (Å²) in [6.45, 7) is 3.72. The molecule has 6 nitrogen and oxygen atoms in total. The number of para-hydroxylation sites is 1. The molecule has 1 amide bonds. The third-order valence-corrected chi connectivity index (χ3v) is 4.90. The van der Waals surface area contributed by atoms with E-state index in [2.05, 4.69) is 15.5 Å². The molecule has 0 spiro atoms. The van der Waals surface area contributed by atoms with Crippen molar-refractivity contribution in [2.24, 2.45) is 5.10 Å². The van der Waals surface area contributed by atoms with Crippen LogP contribution in [-0.2, 0) is 4.79 Å². The van der Waals surface area contributed by atoms with Gasteiger partial charge >= 0.3 is 0 Å². The molecule has 4 rings (SSSR count). The number of hydrogen-bond donors (Lipinski definition) is 1. The summed E-state index contributed by atoms with van der Waals surface area (Å²) in [5.74, 6) is -0.117. The van der Waals surface area contributed by atoms with Gasteiger partial charge in [-0.2, -0.15) is 5.10 Å². The van der Waals surface area contributed by atoms with Crippen LogP contribution in [0.4, 0.5) is 4.39 Å². The fourth-order valence-corrected chi connectivity index (χ4v) is 3.45. The Hall–Kier alpha value is -4.00. The molecule has 2 heterocycles. The molecule has 0 saturated carbocycles. The minimum absolute atomic E-state index is 0.179. The number of amides is 1. The number of ether oxygens (including phenoxy) is 1. The summed E-state index contributed by atoms with van der Waals surface area (Å²) >= 11 is 0. The largest absolute Gasteiger partial charge is 0.481 e. The Morgan fingerprint density at radius 2 is 1.94 bits per heavy atom. The first-order valence-electron chi connectivity index (χ1n) is 9.76. The van der Waals surface area contributed by atoms with Crippen molar-refractivity contribution in [3.05, 3.63) is 89.6 Å². The molecule has 0 aliphatic carbocycles. The Balaban J connectivity index is 1.40. The lowest BCUT2D eigenvalue weighted by molar-refractivity contribution is -0.123. The molecule has 0 atom stereocenters. The van der Waals surface area contributed by atoms with Gasteiger partial charge in [-0.1, -0.05) is 18.2 Å². The van der Waals surface area contributed by atoms with Crippen LogP contribution in [-0.4, -0.2) is 28.3 Å². The van der Waals surface area contributed by atoms with Crippen LogP contribution in [0.3, 0.4) is 0 Å². The molecule has 0 aliphatic rings. The van der Waals surface area contributed by atoms with E-state index >= 15 is 0 Å². The number of fused-ring (bicyclic) bond motifs is 1. The fourth-order valence-electron chi connectivity index (χ4n) is 3.45. The number of carbonyl (C=O) groups excluding carboxylic acids is 1. The fraction of sp³-hybridized carbons (Fsp3) is 0.125. The first-order chi connectivity index (χ1) is 15.0. The predicted octanol–water partition coefficient (Wildman–Crippen LogP) is 4.31. The maximum atomic E-state index is 13.2. The number of hydrazone groups is 1. The molecule has 4 aromatic rings. The summed E-state index contributed by atoms with van der Waals surface area (Å²) in [4.78, 5) is 16.4. The van der Waals surface area contributed by atoms with Gasteiger partial charge in [0.2, 0.25) is 0 Å². The Morgan fingerprint density at radius 3 is 2.74 bits per heavy atom. The van der Waals surface area contributed by atoms with Crippen molar-refractivity contribution in [2.75, 3.05) is 6.61 Å². The van der Waals surface area contributed by atoms with Gasteiger partial charge in [-0.05, 0) is 56.3 Å². The molecule has 31 heavy (non-hydrogen) atoms. The Bertz CT molecular complexity index is 1260. The summed E-state index contributed by atoms with van der Waals surface area (Å²) in [5.41, 5.74) is 6.80. The number of carbonyl (C=O) groups is 1. The van der Waals surface area contributed by atoms with Crippen molar-refractivity contribution in [3.63, 3.8) is 0 Å². The van der Waals surface area contributed by atoms with Gasteiger partial charge in [-0.15, -0.1) is 0 Å². The van der Waals surface area contributed by atoms with E-state index in [1.807, 2.05) is 48.7 Å². The highest BCUT2D eigenvalue weighted by molar-refractivity contribution is 5.86. The van der Waals surface area contributed by atoms with Crippen LogP contribution in [0.5, 0.6) is 5.75 Å². The molecule has 7 heteroatoms. The molecule has 2 aromatic carbocycles. The lowest BCUT2D eigenvalue weighted by atomic mass is 10.2. The van der Waals surface area contributed by atoms with Crippen LogP contribution >= 0.6 is 0 Å². The van der Waals surface area contributed by atoms with E-state index in [0.29, 0.717) is 11.3 Å². The Morgan fingerprint density at radius 1 is 1.16 bits per heavy atom. The van der Waals surface area contributed by atoms with Crippen LogP contribution in [0.1, 0.15) is 17.0 Å². The summed E-state index contributed by atoms with van der Waals surface area (Å²) in [7, 11) is 0. The van der Waals surface area contributed by atoms with Gasteiger partial charge < -0.3 is 9.30 Å². The van der Waals surface area contributed by atoms with E-state index in [-0.39, 0.29) is 18.3 Å². The smallest absolute Gasteiger partial charge is 0.277 e. The molecule has 1 N–H and O–H groups in total. The van der Waals surface area contributed by atoms with Gasteiger partial charge in [0.05, 0.1) is 6.21 Å². The molecule has 0 bridgehead atoms. The molecule has 0 aliphatic heterocycles. The lowest BCUT2D eigenvalue weighted by Gasteiger charge is -2.09. The zero-order chi connectivity index (χ0) is 21.8. The third kappa shape index (κ3) is 4.45. The van der Waals surface area contributed by atoms with Gasteiger partial charge in [0.15, 0.2) is 6.61 Å². The second-order valence-electron chi connectivity index (χ2n) is 7.05. The summed E-state index contributed by atoms with van der Waals surface area (Å²) in [6.07, 6.45) is 3.27. The number of aryl methyl sites for hydroxylation is 1. The minimum atomic E-state index is -0.378. The normalized spacial score (nSPS) is 11.2. The summed E-state index contributed by atoms with van der Waals surface area (Å²) < 4.78 is 20.8. The zero-order valence-corrected chi connectivity index (χ0v) is 17.2. The molecule has 0 fully saturated rings. The highest BCUT2D eigenvalue weighted by atomic mass is 19.1. The van der Waals surface area contributed by atoms with E-state index in [1.165, 1.54) is 12.1 Å². The van der Waals surface area contributed by atoms with Crippen molar-refractivity contribution in [1.29, 1.82) is 0 Å². The second kappa shape index (κ2) is 8.79. The van der Waals surface area contributed by atoms with Crippen molar-refractivity contribution in [3.8, 4) is 11.4 Å². The monoisotopic (exact) mass is 416 g/mol. The van der Waals surface area contributed by atoms with Crippen LogP contribution in [0.15, 0.2) is 72.0 Å². The number of aromatic nitrogens is 2. The lowest BCUT2D eigenvalue weighted by Crippen LogP contribution is -2.24. The number of pyridine rings is 1. The summed E-state index contributed by atoms with van der Waals surface area (Å²) in [5, 5.41) is 4.99. The van der Waals surface area contributed by atoms with Gasteiger partial charge in [0.1, 0.15) is 17.1 Å². The SMILES string of the molecule is Cc1cc(C=NNC(=O)COc2cccc3cccnc23)c(C)n1-c1ccc(F)cc1. The highest BCUT2D eigenvalue weighted by Gasteiger charge is 2.10. The maximum Gasteiger partial charge on any atom is 0.277 e. The molecule has 156 valence electrons. The molecule has 0 saturated heterocycles. The first kappa shape index (κ1) is 20.3. The third-order valence-electron chi connectivity index (χ3n) is 4.90. The van der Waals surface area contributed by atoms with Gasteiger partial charge in [-0.3, -0.25) is 9.78 Å². The molecular weight excluding hydrogens is 395 g/mol. The zero-order valence-electron chi connectivity index (χ0n) is 17.2. The minimum Gasteiger partial charge on any atom is -0.481 e. The van der Waals surface area contributed by atoms with Crippen LogP contribution in [0.25, 0.3) is 16.6 Å². The number of benzene rings is 2. The van der Waals surface area contributed by atoms with E-state index in [1.54, 1.807) is 30.6 Å². The molecule has 2 aromatic heterocycles. The van der Waals surface area contributed by atoms with Crippen LogP contribution in [0.2, 0.25) is 0 Å². The average molecular weight is 416 g/mol. The second-order valence-corrected chi connectivity index (χ2v) is 7.05. The molecule has 0 radical (unpaired) electrons. The maximum absolute atomic E-state index is 13.2. The van der Waals surface area contributed by atoms with E-state index in [9.17, 15) is 9.18 Å². The Labute approximate surface area is 179 Å². The molecular formula is C24H21FN4O2.